The fraction of sp³-hybridized carbons (Fsp3) is 0.704. The van der Waals surface area contributed by atoms with E-state index in [4.69, 9.17) is 4.74 Å². The SMILES string of the molecule is CCCCCC#CCO[C@@H]1C[C@@H]2[C@H](CC[C@]3(C)C(=O)CC[C@@H]23)[C@@]2(C)C=CC(=O)C=C12. The van der Waals surface area contributed by atoms with Crippen molar-refractivity contribution in [1.82, 2.24) is 0 Å². The predicted octanol–water partition coefficient (Wildman–Crippen LogP) is 5.44. The summed E-state index contributed by atoms with van der Waals surface area (Å²) in [6.45, 7) is 7.10. The van der Waals surface area contributed by atoms with Crippen molar-refractivity contribution in [2.75, 3.05) is 6.61 Å². The van der Waals surface area contributed by atoms with Gasteiger partial charge in [-0.05, 0) is 67.6 Å². The lowest BCUT2D eigenvalue weighted by atomic mass is 9.48. The fourth-order valence-corrected chi connectivity index (χ4v) is 6.89. The van der Waals surface area contributed by atoms with E-state index in [1.807, 2.05) is 6.08 Å². The molecule has 0 aromatic carbocycles. The fourth-order valence-electron chi connectivity index (χ4n) is 6.89. The highest BCUT2D eigenvalue weighted by Crippen LogP contribution is 2.63. The smallest absolute Gasteiger partial charge is 0.178 e. The summed E-state index contributed by atoms with van der Waals surface area (Å²) in [5, 5.41) is 0. The molecule has 0 radical (unpaired) electrons. The lowest BCUT2D eigenvalue weighted by molar-refractivity contribution is -0.133. The highest BCUT2D eigenvalue weighted by Gasteiger charge is 2.60. The first kappa shape index (κ1) is 21.6. The average molecular weight is 409 g/mol. The van der Waals surface area contributed by atoms with Gasteiger partial charge in [-0.25, -0.2) is 0 Å². The van der Waals surface area contributed by atoms with Gasteiger partial charge in [0.05, 0.1) is 6.10 Å². The molecule has 30 heavy (non-hydrogen) atoms. The van der Waals surface area contributed by atoms with Crippen molar-refractivity contribution >= 4 is 11.6 Å². The molecule has 0 heterocycles. The van der Waals surface area contributed by atoms with Gasteiger partial charge in [0, 0.05) is 23.7 Å². The van der Waals surface area contributed by atoms with Gasteiger partial charge in [0.25, 0.3) is 0 Å². The Morgan fingerprint density at radius 1 is 1.13 bits per heavy atom. The number of unbranched alkanes of at least 4 members (excludes halogenated alkanes) is 3. The van der Waals surface area contributed by atoms with Crippen LogP contribution in [0.4, 0.5) is 0 Å². The molecule has 0 bridgehead atoms. The molecule has 3 fully saturated rings. The van der Waals surface area contributed by atoms with Crippen molar-refractivity contribution in [3.8, 4) is 11.8 Å². The van der Waals surface area contributed by atoms with Gasteiger partial charge in [-0.3, -0.25) is 9.59 Å². The monoisotopic (exact) mass is 408 g/mol. The molecule has 4 aliphatic carbocycles. The second kappa shape index (κ2) is 8.46. The Morgan fingerprint density at radius 2 is 1.97 bits per heavy atom. The van der Waals surface area contributed by atoms with E-state index in [1.165, 1.54) is 12.8 Å². The van der Waals surface area contributed by atoms with Crippen LogP contribution in [0.25, 0.3) is 0 Å². The summed E-state index contributed by atoms with van der Waals surface area (Å²) in [6.07, 6.45) is 14.8. The molecule has 4 aliphatic rings. The minimum absolute atomic E-state index is 0.0665. The van der Waals surface area contributed by atoms with Gasteiger partial charge in [0.2, 0.25) is 0 Å². The van der Waals surface area contributed by atoms with Crippen LogP contribution in [0.5, 0.6) is 0 Å². The Kier molecular flexibility index (Phi) is 6.08. The largest absolute Gasteiger partial charge is 0.361 e. The standard InChI is InChI=1S/C27H36O3/c1-4-5-6-7-8-9-16-30-24-18-20-21-10-11-25(29)27(21,3)15-13-22(20)26(2)14-12-19(28)17-23(24)26/h12,14,17,20-22,24H,4-7,10-11,13,15-16,18H2,1-3H3/t20-,21-,22-,24+,26+,27-/m0/s1. The summed E-state index contributed by atoms with van der Waals surface area (Å²) in [4.78, 5) is 24.9. The van der Waals surface area contributed by atoms with E-state index in [0.717, 1.165) is 50.5 Å². The Hall–Kier alpha value is -1.66. The van der Waals surface area contributed by atoms with Gasteiger partial charge in [-0.1, -0.05) is 45.6 Å². The van der Waals surface area contributed by atoms with E-state index in [1.54, 1.807) is 6.08 Å². The Balaban J connectivity index is 1.55. The molecule has 0 aliphatic heterocycles. The molecule has 0 aromatic heterocycles. The number of Topliss-reactive ketones (excluding diaryl/α,β-unsaturated/α-hetero) is 1. The minimum atomic E-state index is -0.156. The van der Waals surface area contributed by atoms with Crippen molar-refractivity contribution < 1.29 is 14.3 Å². The minimum Gasteiger partial charge on any atom is -0.361 e. The van der Waals surface area contributed by atoms with E-state index in [0.29, 0.717) is 30.1 Å². The van der Waals surface area contributed by atoms with Crippen LogP contribution in [0.3, 0.4) is 0 Å². The third kappa shape index (κ3) is 3.62. The summed E-state index contributed by atoms with van der Waals surface area (Å²) in [5.74, 6) is 8.35. The van der Waals surface area contributed by atoms with Gasteiger partial charge < -0.3 is 4.74 Å². The van der Waals surface area contributed by atoms with Gasteiger partial charge in [0.15, 0.2) is 5.78 Å². The molecule has 6 atom stereocenters. The van der Waals surface area contributed by atoms with E-state index in [-0.39, 0.29) is 22.7 Å². The van der Waals surface area contributed by atoms with Gasteiger partial charge in [0.1, 0.15) is 12.4 Å². The van der Waals surface area contributed by atoms with E-state index < -0.39 is 0 Å². The topological polar surface area (TPSA) is 43.4 Å². The van der Waals surface area contributed by atoms with Crippen LogP contribution in [-0.2, 0) is 14.3 Å². The van der Waals surface area contributed by atoms with Crippen LogP contribution < -0.4 is 0 Å². The second-order valence-electron chi connectivity index (χ2n) is 10.3. The third-order valence-corrected chi connectivity index (χ3v) is 8.65. The van der Waals surface area contributed by atoms with E-state index in [9.17, 15) is 9.59 Å². The lowest BCUT2D eigenvalue weighted by Gasteiger charge is -2.57. The molecule has 0 saturated heterocycles. The highest BCUT2D eigenvalue weighted by molar-refractivity contribution is 6.01. The molecule has 0 unspecified atom stereocenters. The number of ketones is 2. The quantitative estimate of drug-likeness (QED) is 0.449. The van der Waals surface area contributed by atoms with Crippen LogP contribution in [-0.4, -0.2) is 24.3 Å². The molecular formula is C27H36O3. The van der Waals surface area contributed by atoms with Crippen molar-refractivity contribution in [2.45, 2.75) is 84.7 Å². The molecule has 3 nitrogen and oxygen atoms in total. The van der Waals surface area contributed by atoms with Crippen LogP contribution in [0.15, 0.2) is 23.8 Å². The van der Waals surface area contributed by atoms with Gasteiger partial charge in [-0.2, -0.15) is 0 Å². The number of hydrogen-bond acceptors (Lipinski definition) is 3. The van der Waals surface area contributed by atoms with Crippen molar-refractivity contribution in [3.63, 3.8) is 0 Å². The van der Waals surface area contributed by atoms with Gasteiger partial charge in [-0.15, -0.1) is 5.92 Å². The predicted molar refractivity (Wildman–Crippen MR) is 119 cm³/mol. The number of ether oxygens (including phenoxy) is 1. The van der Waals surface area contributed by atoms with Crippen molar-refractivity contribution in [2.24, 2.45) is 28.6 Å². The number of hydrogen-bond donors (Lipinski definition) is 0. The van der Waals surface area contributed by atoms with E-state index in [2.05, 4.69) is 38.7 Å². The molecule has 3 saturated carbocycles. The number of carbonyl (C=O) groups is 2. The number of fused-ring (bicyclic) bond motifs is 5. The Morgan fingerprint density at radius 3 is 2.77 bits per heavy atom. The van der Waals surface area contributed by atoms with Crippen LogP contribution in [0.2, 0.25) is 0 Å². The van der Waals surface area contributed by atoms with E-state index >= 15 is 0 Å². The van der Waals surface area contributed by atoms with Gasteiger partial charge >= 0.3 is 0 Å². The highest BCUT2D eigenvalue weighted by atomic mass is 16.5. The van der Waals surface area contributed by atoms with Crippen LogP contribution >= 0.6 is 0 Å². The molecular weight excluding hydrogens is 372 g/mol. The maximum atomic E-state index is 12.7. The molecule has 0 aromatic rings. The van der Waals surface area contributed by atoms with Crippen LogP contribution in [0.1, 0.15) is 78.6 Å². The normalized spacial score (nSPS) is 39.5. The van der Waals surface area contributed by atoms with Crippen molar-refractivity contribution in [3.05, 3.63) is 23.8 Å². The first-order valence-electron chi connectivity index (χ1n) is 12.0. The zero-order chi connectivity index (χ0) is 21.4. The summed E-state index contributed by atoms with van der Waals surface area (Å²) < 4.78 is 6.32. The maximum Gasteiger partial charge on any atom is 0.178 e. The molecule has 0 spiro atoms. The van der Waals surface area contributed by atoms with Crippen molar-refractivity contribution in [1.29, 1.82) is 0 Å². The lowest BCUT2D eigenvalue weighted by Crippen LogP contribution is -2.53. The number of allylic oxidation sites excluding steroid dienone is 3. The zero-order valence-corrected chi connectivity index (χ0v) is 18.8. The molecule has 0 amide bonds. The zero-order valence-electron chi connectivity index (χ0n) is 18.8. The second-order valence-corrected chi connectivity index (χ2v) is 10.3. The summed E-state index contributed by atoms with van der Waals surface area (Å²) in [6, 6.07) is 0. The third-order valence-electron chi connectivity index (χ3n) is 8.65. The summed E-state index contributed by atoms with van der Waals surface area (Å²) >= 11 is 0. The molecule has 0 N–H and O–H groups in total. The first-order valence-corrected chi connectivity index (χ1v) is 12.0. The summed E-state index contributed by atoms with van der Waals surface area (Å²) in [5.41, 5.74) is 0.830. The maximum absolute atomic E-state index is 12.7. The number of carbonyl (C=O) groups excluding carboxylic acids is 2. The molecule has 3 heteroatoms. The number of rotatable bonds is 5. The molecule has 162 valence electrons. The molecule has 4 rings (SSSR count). The Bertz CT molecular complexity index is 825. The Labute approximate surface area is 181 Å². The average Bonchev–Trinajstić information content (AvgIpc) is 3.03. The van der Waals surface area contributed by atoms with Crippen LogP contribution in [0, 0.1) is 40.4 Å². The summed E-state index contributed by atoms with van der Waals surface area (Å²) in [7, 11) is 0. The first-order chi connectivity index (χ1) is 14.4.